The Kier molecular flexibility index (Phi) is 5.56. The molecule has 1 heterocycles. The zero-order valence-electron chi connectivity index (χ0n) is 10.2. The third-order valence-electron chi connectivity index (χ3n) is 2.28. The zero-order valence-corrected chi connectivity index (χ0v) is 10.2. The van der Waals surface area contributed by atoms with Gasteiger partial charge in [0.25, 0.3) is 5.91 Å². The van der Waals surface area contributed by atoms with E-state index in [1.165, 1.54) is 12.1 Å². The van der Waals surface area contributed by atoms with Gasteiger partial charge in [-0.05, 0) is 45.6 Å². The van der Waals surface area contributed by atoms with Crippen molar-refractivity contribution in [3.8, 4) is 0 Å². The third kappa shape index (κ3) is 5.40. The van der Waals surface area contributed by atoms with Gasteiger partial charge in [-0.1, -0.05) is 0 Å². The lowest BCUT2D eigenvalue weighted by atomic mass is 10.3. The van der Waals surface area contributed by atoms with Gasteiger partial charge in [-0.2, -0.15) is 0 Å². The molecule has 5 heteroatoms. The van der Waals surface area contributed by atoms with Gasteiger partial charge < -0.3 is 10.2 Å². The molecule has 0 unspecified atom stereocenters. The summed E-state index contributed by atoms with van der Waals surface area (Å²) in [5.41, 5.74) is 0.249. The van der Waals surface area contributed by atoms with Gasteiger partial charge >= 0.3 is 0 Å². The second-order valence-electron chi connectivity index (χ2n) is 4.13. The number of carbonyl (C=O) groups is 1. The van der Waals surface area contributed by atoms with Crippen LogP contribution in [0, 0.1) is 5.82 Å². The minimum atomic E-state index is -0.437. The molecular formula is C12H18FN3O. The molecule has 94 valence electrons. The molecule has 1 amide bonds. The highest BCUT2D eigenvalue weighted by molar-refractivity contribution is 5.92. The topological polar surface area (TPSA) is 45.2 Å². The van der Waals surface area contributed by atoms with Gasteiger partial charge in [0, 0.05) is 6.54 Å². The fourth-order valence-electron chi connectivity index (χ4n) is 1.36. The summed E-state index contributed by atoms with van der Waals surface area (Å²) in [6, 6.07) is 2.61. The van der Waals surface area contributed by atoms with Crippen LogP contribution in [0.5, 0.6) is 0 Å². The van der Waals surface area contributed by atoms with Crippen molar-refractivity contribution in [2.45, 2.75) is 12.8 Å². The molecule has 0 bridgehead atoms. The van der Waals surface area contributed by atoms with Crippen LogP contribution in [0.1, 0.15) is 23.3 Å². The molecule has 1 N–H and O–H groups in total. The molecule has 0 saturated heterocycles. The molecular weight excluding hydrogens is 220 g/mol. The van der Waals surface area contributed by atoms with Crippen molar-refractivity contribution in [3.63, 3.8) is 0 Å². The first-order valence-electron chi connectivity index (χ1n) is 5.64. The molecule has 17 heavy (non-hydrogen) atoms. The normalized spacial score (nSPS) is 10.6. The summed E-state index contributed by atoms with van der Waals surface area (Å²) in [5.74, 6) is -0.692. The minimum absolute atomic E-state index is 0.249. The van der Waals surface area contributed by atoms with Crippen molar-refractivity contribution in [2.24, 2.45) is 0 Å². The maximum absolute atomic E-state index is 12.6. The Balaban J connectivity index is 2.23. The molecule has 4 nitrogen and oxygen atoms in total. The van der Waals surface area contributed by atoms with E-state index in [2.05, 4.69) is 15.2 Å². The van der Waals surface area contributed by atoms with Crippen LogP contribution in [0.4, 0.5) is 4.39 Å². The average Bonchev–Trinajstić information content (AvgIpc) is 2.29. The van der Waals surface area contributed by atoms with Gasteiger partial charge in [0.05, 0.1) is 6.20 Å². The first-order valence-corrected chi connectivity index (χ1v) is 5.64. The predicted molar refractivity (Wildman–Crippen MR) is 64.3 cm³/mol. The van der Waals surface area contributed by atoms with Gasteiger partial charge in [0.2, 0.25) is 0 Å². The summed E-state index contributed by atoms with van der Waals surface area (Å²) in [4.78, 5) is 17.4. The zero-order chi connectivity index (χ0) is 12.7. The number of unbranched alkanes of at least 4 members (excludes halogenated alkanes) is 1. The summed E-state index contributed by atoms with van der Waals surface area (Å²) < 4.78 is 12.6. The van der Waals surface area contributed by atoms with Crippen molar-refractivity contribution >= 4 is 5.91 Å². The maximum Gasteiger partial charge on any atom is 0.269 e. The van der Waals surface area contributed by atoms with Gasteiger partial charge in [-0.25, -0.2) is 9.37 Å². The molecule has 0 radical (unpaired) electrons. The van der Waals surface area contributed by atoms with Crippen molar-refractivity contribution in [1.29, 1.82) is 0 Å². The molecule has 0 saturated carbocycles. The van der Waals surface area contributed by atoms with Crippen LogP contribution in [0.2, 0.25) is 0 Å². The molecule has 0 aliphatic rings. The molecule has 0 atom stereocenters. The highest BCUT2D eigenvalue weighted by Gasteiger charge is 2.05. The number of nitrogens with zero attached hydrogens (tertiary/aromatic N) is 2. The lowest BCUT2D eigenvalue weighted by molar-refractivity contribution is 0.0947. The SMILES string of the molecule is CN(C)CCCCNC(=O)c1ccc([18F])cn1. The Bertz CT molecular complexity index is 351. The first kappa shape index (κ1) is 13.6. The Hall–Kier alpha value is -1.49. The van der Waals surface area contributed by atoms with E-state index in [4.69, 9.17) is 0 Å². The number of amides is 1. The second-order valence-corrected chi connectivity index (χ2v) is 4.13. The van der Waals surface area contributed by atoms with Crippen LogP contribution in [0.3, 0.4) is 0 Å². The molecule has 0 fully saturated rings. The first-order chi connectivity index (χ1) is 8.09. The van der Waals surface area contributed by atoms with Crippen LogP contribution in [0.25, 0.3) is 0 Å². The molecule has 0 aliphatic carbocycles. The van der Waals surface area contributed by atoms with Crippen LogP contribution >= 0.6 is 0 Å². The summed E-state index contributed by atoms with van der Waals surface area (Å²) in [5, 5.41) is 2.75. The van der Waals surface area contributed by atoms with Gasteiger partial charge in [0.15, 0.2) is 0 Å². The van der Waals surface area contributed by atoms with Crippen molar-refractivity contribution in [1.82, 2.24) is 15.2 Å². The summed E-state index contributed by atoms with van der Waals surface area (Å²) in [6.45, 7) is 1.62. The Morgan fingerprint density at radius 3 is 2.76 bits per heavy atom. The van der Waals surface area contributed by atoms with E-state index in [0.717, 1.165) is 25.6 Å². The fourth-order valence-corrected chi connectivity index (χ4v) is 1.36. The average molecular weight is 238 g/mol. The smallest absolute Gasteiger partial charge is 0.269 e. The van der Waals surface area contributed by atoms with Crippen LogP contribution in [0.15, 0.2) is 18.3 Å². The van der Waals surface area contributed by atoms with E-state index in [1.807, 2.05) is 14.1 Å². The molecule has 1 aromatic heterocycles. The summed E-state index contributed by atoms with van der Waals surface area (Å²) >= 11 is 0. The lowest BCUT2D eigenvalue weighted by Gasteiger charge is -2.09. The molecule has 0 spiro atoms. The number of aromatic nitrogens is 1. The van der Waals surface area contributed by atoms with Gasteiger partial charge in [-0.15, -0.1) is 0 Å². The summed E-state index contributed by atoms with van der Waals surface area (Å²) in [7, 11) is 4.03. The highest BCUT2D eigenvalue weighted by atomic mass is 18.2. The van der Waals surface area contributed by atoms with Crippen molar-refractivity contribution in [3.05, 3.63) is 29.8 Å². The third-order valence-corrected chi connectivity index (χ3v) is 2.28. The Morgan fingerprint density at radius 1 is 1.41 bits per heavy atom. The predicted octanol–water partition coefficient (Wildman–Crippen LogP) is 1.29. The monoisotopic (exact) mass is 238 g/mol. The Morgan fingerprint density at radius 2 is 2.18 bits per heavy atom. The number of hydrogen-bond acceptors (Lipinski definition) is 3. The standard InChI is InChI=1S/C12H18FN3O/c1-16(2)8-4-3-7-14-12(17)11-6-5-10(13)9-15-11/h5-6,9H,3-4,7-8H2,1-2H3,(H,14,17)/i13-1. The number of halogens is 1. The number of hydrogen-bond donors (Lipinski definition) is 1. The van der Waals surface area contributed by atoms with Crippen LogP contribution < -0.4 is 5.32 Å². The number of nitrogens with one attached hydrogen (secondary N) is 1. The maximum atomic E-state index is 12.6. The largest absolute Gasteiger partial charge is 0.351 e. The Labute approximate surface area is 101 Å². The number of carbonyl (C=O) groups excluding carboxylic acids is 1. The van der Waals surface area contributed by atoms with E-state index < -0.39 is 5.82 Å². The van der Waals surface area contributed by atoms with Crippen molar-refractivity contribution in [2.75, 3.05) is 27.2 Å². The summed E-state index contributed by atoms with van der Waals surface area (Å²) in [6.07, 6.45) is 3.00. The molecule has 0 aliphatic heterocycles. The van der Waals surface area contributed by atoms with Crippen LogP contribution in [-0.4, -0.2) is 43.0 Å². The highest BCUT2D eigenvalue weighted by Crippen LogP contribution is 1.98. The fraction of sp³-hybridized carbons (Fsp3) is 0.500. The molecule has 1 rings (SSSR count). The van der Waals surface area contributed by atoms with Gasteiger partial charge in [-0.3, -0.25) is 4.79 Å². The molecule has 0 aromatic carbocycles. The lowest BCUT2D eigenvalue weighted by Crippen LogP contribution is -2.26. The van der Waals surface area contributed by atoms with E-state index in [1.54, 1.807) is 0 Å². The van der Waals surface area contributed by atoms with Crippen molar-refractivity contribution < 1.29 is 9.18 Å². The number of rotatable bonds is 6. The van der Waals surface area contributed by atoms with Gasteiger partial charge in [0.1, 0.15) is 11.5 Å². The van der Waals surface area contributed by atoms with E-state index in [0.29, 0.717) is 6.54 Å². The quantitative estimate of drug-likeness (QED) is 0.760. The van der Waals surface area contributed by atoms with E-state index in [-0.39, 0.29) is 11.6 Å². The second kappa shape index (κ2) is 6.96. The van der Waals surface area contributed by atoms with E-state index >= 15 is 0 Å². The van der Waals surface area contributed by atoms with E-state index in [9.17, 15) is 9.18 Å². The molecule has 1 aromatic rings. The van der Waals surface area contributed by atoms with Crippen LogP contribution in [-0.2, 0) is 0 Å². The minimum Gasteiger partial charge on any atom is -0.351 e. The number of pyridine rings is 1.